The van der Waals surface area contributed by atoms with Gasteiger partial charge in [-0.1, -0.05) is 67.6 Å². The minimum absolute atomic E-state index is 0.178. The largest absolute Gasteiger partial charge is 0.449 e. The van der Waals surface area contributed by atoms with Crippen LogP contribution in [0.5, 0.6) is 0 Å². The van der Waals surface area contributed by atoms with Crippen LogP contribution in [0.4, 0.5) is 5.69 Å². The molecule has 4 aromatic carbocycles. The third-order valence-corrected chi connectivity index (χ3v) is 7.77. The second-order valence-corrected chi connectivity index (χ2v) is 9.90. The van der Waals surface area contributed by atoms with Gasteiger partial charge in [0.2, 0.25) is 0 Å². The van der Waals surface area contributed by atoms with E-state index in [0.717, 1.165) is 49.2 Å². The quantitative estimate of drug-likeness (QED) is 0.258. The molecule has 0 N–H and O–H groups in total. The van der Waals surface area contributed by atoms with Gasteiger partial charge in [-0.25, -0.2) is 9.78 Å². The average molecular weight is 493 g/mol. The number of fused-ring (bicyclic) bond motifs is 3. The fourth-order valence-electron chi connectivity index (χ4n) is 4.92. The number of carbonyl (C=O) groups is 2. The van der Waals surface area contributed by atoms with Crippen molar-refractivity contribution in [3.8, 4) is 10.6 Å². The maximum absolute atomic E-state index is 13.5. The van der Waals surface area contributed by atoms with Crippen LogP contribution in [-0.2, 0) is 16.0 Å². The van der Waals surface area contributed by atoms with E-state index >= 15 is 0 Å². The molecule has 0 aliphatic carbocycles. The first-order valence-electron chi connectivity index (χ1n) is 12.1. The summed E-state index contributed by atoms with van der Waals surface area (Å²) in [6.45, 7) is 2.47. The van der Waals surface area contributed by atoms with E-state index in [4.69, 9.17) is 9.72 Å². The van der Waals surface area contributed by atoms with Crippen molar-refractivity contribution < 1.29 is 14.3 Å². The van der Waals surface area contributed by atoms with Crippen LogP contribution < -0.4 is 4.90 Å². The number of ether oxygens (including phenoxy) is 1. The number of aromatic nitrogens is 1. The molecule has 1 aliphatic heterocycles. The molecule has 1 aliphatic rings. The van der Waals surface area contributed by atoms with Crippen LogP contribution >= 0.6 is 11.3 Å². The van der Waals surface area contributed by atoms with E-state index in [9.17, 15) is 9.59 Å². The molecule has 0 fully saturated rings. The molecule has 0 saturated heterocycles. The Balaban J connectivity index is 1.35. The van der Waals surface area contributed by atoms with E-state index in [-0.39, 0.29) is 5.91 Å². The first-order valence-corrected chi connectivity index (χ1v) is 12.9. The summed E-state index contributed by atoms with van der Waals surface area (Å²) in [5, 5.41) is 2.56. The van der Waals surface area contributed by atoms with E-state index in [1.165, 1.54) is 0 Å². The zero-order valence-electron chi connectivity index (χ0n) is 19.8. The third kappa shape index (κ3) is 3.84. The highest BCUT2D eigenvalue weighted by Gasteiger charge is 2.32. The Bertz CT molecular complexity index is 1590. The zero-order chi connectivity index (χ0) is 24.6. The fraction of sp³-hybridized carbons (Fsp3) is 0.167. The molecular weight excluding hydrogens is 468 g/mol. The Labute approximate surface area is 213 Å². The molecular formula is C30H24N2O3S. The molecule has 36 heavy (non-hydrogen) atoms. The maximum atomic E-state index is 13.5. The normalized spacial score (nSPS) is 13.6. The molecule has 5 nitrogen and oxygen atoms in total. The maximum Gasteiger partial charge on any atom is 0.339 e. The van der Waals surface area contributed by atoms with E-state index in [0.29, 0.717) is 18.5 Å². The summed E-state index contributed by atoms with van der Waals surface area (Å²) in [5.74, 6) is -0.677. The van der Waals surface area contributed by atoms with Gasteiger partial charge in [0, 0.05) is 23.2 Å². The van der Waals surface area contributed by atoms with Crippen molar-refractivity contribution in [1.29, 1.82) is 0 Å². The number of para-hydroxylation sites is 2. The average Bonchev–Trinajstić information content (AvgIpc) is 3.55. The number of nitrogens with zero attached hydrogens (tertiary/aromatic N) is 2. The highest BCUT2D eigenvalue weighted by Crippen LogP contribution is 2.36. The molecule has 6 rings (SSSR count). The molecule has 0 saturated carbocycles. The van der Waals surface area contributed by atoms with Crippen molar-refractivity contribution >= 4 is 49.9 Å². The van der Waals surface area contributed by atoms with Gasteiger partial charge < -0.3 is 9.64 Å². The first-order chi connectivity index (χ1) is 17.6. The molecule has 178 valence electrons. The van der Waals surface area contributed by atoms with Gasteiger partial charge in [-0.2, -0.15) is 0 Å². The lowest BCUT2D eigenvalue weighted by Crippen LogP contribution is -2.40. The van der Waals surface area contributed by atoms with Crippen molar-refractivity contribution in [3.05, 3.63) is 96.1 Å². The number of rotatable bonds is 5. The molecule has 1 amide bonds. The smallest absolute Gasteiger partial charge is 0.339 e. The van der Waals surface area contributed by atoms with Crippen LogP contribution in [0.1, 0.15) is 29.3 Å². The number of esters is 1. The summed E-state index contributed by atoms with van der Waals surface area (Å²) in [5.41, 5.74) is 4.29. The van der Waals surface area contributed by atoms with Gasteiger partial charge in [0.05, 0.1) is 15.8 Å². The lowest BCUT2D eigenvalue weighted by Gasteiger charge is -2.23. The van der Waals surface area contributed by atoms with Crippen molar-refractivity contribution in [2.24, 2.45) is 0 Å². The number of hydrogen-bond acceptors (Lipinski definition) is 5. The van der Waals surface area contributed by atoms with Gasteiger partial charge in [0.1, 0.15) is 5.01 Å². The van der Waals surface area contributed by atoms with E-state index in [1.54, 1.807) is 22.3 Å². The predicted molar refractivity (Wildman–Crippen MR) is 145 cm³/mol. The highest BCUT2D eigenvalue weighted by atomic mass is 32.1. The number of carbonyl (C=O) groups excluding carboxylic acids is 2. The van der Waals surface area contributed by atoms with Crippen LogP contribution in [0.15, 0.2) is 84.9 Å². The number of benzene rings is 4. The molecule has 6 heteroatoms. The Kier molecular flexibility index (Phi) is 5.74. The SMILES string of the molecule is CCC(OC(=O)c1cccc2cccc(-c3nc4ccccc4s3)c12)C(=O)N1CCc2ccccc21. The molecule has 0 radical (unpaired) electrons. The van der Waals surface area contributed by atoms with Gasteiger partial charge in [-0.05, 0) is 48.1 Å². The molecule has 1 aromatic heterocycles. The van der Waals surface area contributed by atoms with Crippen LogP contribution in [0.3, 0.4) is 0 Å². The highest BCUT2D eigenvalue weighted by molar-refractivity contribution is 7.21. The number of amides is 1. The molecule has 0 bridgehead atoms. The van der Waals surface area contributed by atoms with Crippen LogP contribution in [0.25, 0.3) is 31.6 Å². The molecule has 1 unspecified atom stereocenters. The van der Waals surface area contributed by atoms with E-state index in [1.807, 2.05) is 85.8 Å². The summed E-state index contributed by atoms with van der Waals surface area (Å²) in [7, 11) is 0. The summed E-state index contributed by atoms with van der Waals surface area (Å²) >= 11 is 1.60. The second-order valence-electron chi connectivity index (χ2n) is 8.87. The lowest BCUT2D eigenvalue weighted by molar-refractivity contribution is -0.127. The number of thiazole rings is 1. The number of hydrogen-bond donors (Lipinski definition) is 0. The Morgan fingerprint density at radius 2 is 1.75 bits per heavy atom. The monoisotopic (exact) mass is 492 g/mol. The Morgan fingerprint density at radius 3 is 2.58 bits per heavy atom. The second kappa shape index (κ2) is 9.21. The van der Waals surface area contributed by atoms with Gasteiger partial charge in [0.15, 0.2) is 6.10 Å². The lowest BCUT2D eigenvalue weighted by atomic mass is 9.99. The minimum atomic E-state index is -0.853. The topological polar surface area (TPSA) is 59.5 Å². The number of anilines is 1. The zero-order valence-corrected chi connectivity index (χ0v) is 20.6. The van der Waals surface area contributed by atoms with Crippen LogP contribution in [0.2, 0.25) is 0 Å². The standard InChI is InChI=1S/C30H24N2O3S/c1-2-25(29(33)32-18-17-19-9-3-5-15-24(19)32)35-30(34)22-13-8-11-20-10-7-12-21(27(20)22)28-31-23-14-4-6-16-26(23)36-28/h3-16,25H,2,17-18H2,1H3. The fourth-order valence-corrected chi connectivity index (χ4v) is 5.92. The van der Waals surface area contributed by atoms with Crippen molar-refractivity contribution in [2.45, 2.75) is 25.9 Å². The van der Waals surface area contributed by atoms with Crippen molar-refractivity contribution in [3.63, 3.8) is 0 Å². The van der Waals surface area contributed by atoms with Gasteiger partial charge in [-0.15, -0.1) is 11.3 Å². The van der Waals surface area contributed by atoms with Gasteiger partial charge in [0.25, 0.3) is 5.91 Å². The summed E-state index contributed by atoms with van der Waals surface area (Å²) < 4.78 is 6.98. The molecule has 2 heterocycles. The van der Waals surface area contributed by atoms with Crippen molar-refractivity contribution in [1.82, 2.24) is 4.98 Å². The summed E-state index contributed by atoms with van der Waals surface area (Å²) in [6, 6.07) is 27.4. The van der Waals surface area contributed by atoms with E-state index in [2.05, 4.69) is 0 Å². The predicted octanol–water partition coefficient (Wildman–Crippen LogP) is 6.64. The molecule has 5 aromatic rings. The first kappa shape index (κ1) is 22.4. The minimum Gasteiger partial charge on any atom is -0.449 e. The Hall–Kier alpha value is -4.03. The van der Waals surface area contributed by atoms with E-state index < -0.39 is 12.1 Å². The molecule has 0 spiro atoms. The van der Waals surface area contributed by atoms with Crippen molar-refractivity contribution in [2.75, 3.05) is 11.4 Å². The molecule has 1 atom stereocenters. The van der Waals surface area contributed by atoms with Gasteiger partial charge >= 0.3 is 5.97 Å². The third-order valence-electron chi connectivity index (χ3n) is 6.70. The summed E-state index contributed by atoms with van der Waals surface area (Å²) in [4.78, 5) is 33.5. The van der Waals surface area contributed by atoms with Crippen LogP contribution in [0, 0.1) is 0 Å². The van der Waals surface area contributed by atoms with Gasteiger partial charge in [-0.3, -0.25) is 4.79 Å². The Morgan fingerprint density at radius 1 is 0.972 bits per heavy atom. The summed E-state index contributed by atoms with van der Waals surface area (Å²) in [6.07, 6.45) is 0.355. The van der Waals surface area contributed by atoms with Crippen LogP contribution in [-0.4, -0.2) is 29.5 Å².